The molecule has 11 heavy (non-hydrogen) atoms. The monoisotopic (exact) mass is 178 g/mol. The van der Waals surface area contributed by atoms with E-state index in [9.17, 15) is 8.42 Å². The summed E-state index contributed by atoms with van der Waals surface area (Å²) < 4.78 is 21.9. The minimum Gasteiger partial charge on any atom is -0.392 e. The maximum absolute atomic E-state index is 11.0. The zero-order valence-electron chi connectivity index (χ0n) is 6.66. The summed E-state index contributed by atoms with van der Waals surface area (Å²) in [6.45, 7) is 1.72. The predicted octanol–water partition coefficient (Wildman–Crippen LogP) is 0.707. The number of hydrogen-bond donors (Lipinski definition) is 1. The van der Waals surface area contributed by atoms with Gasteiger partial charge in [-0.1, -0.05) is 13.3 Å². The van der Waals surface area contributed by atoms with E-state index in [0.717, 1.165) is 11.8 Å². The van der Waals surface area contributed by atoms with Crippen molar-refractivity contribution < 1.29 is 13.5 Å². The van der Waals surface area contributed by atoms with Crippen LogP contribution in [-0.4, -0.2) is 25.9 Å². The molecule has 0 amide bonds. The van der Waals surface area contributed by atoms with Crippen molar-refractivity contribution in [3.8, 4) is 0 Å². The van der Waals surface area contributed by atoms with Gasteiger partial charge in [0.05, 0.1) is 12.4 Å². The second-order valence-electron chi connectivity index (χ2n) is 2.27. The highest BCUT2D eigenvalue weighted by Crippen LogP contribution is 1.97. The Kier molecular flexibility index (Phi) is 5.15. The second kappa shape index (κ2) is 5.32. The van der Waals surface area contributed by atoms with Crippen molar-refractivity contribution in [2.75, 3.05) is 12.4 Å². The first kappa shape index (κ1) is 10.7. The van der Waals surface area contributed by atoms with Crippen LogP contribution in [0.2, 0.25) is 0 Å². The Hall–Kier alpha value is -0.350. The third-order valence-corrected chi connectivity index (χ3v) is 2.66. The molecule has 0 saturated heterocycles. The van der Waals surface area contributed by atoms with E-state index in [0.29, 0.717) is 6.42 Å². The summed E-state index contributed by atoms with van der Waals surface area (Å²) in [6.07, 6.45) is 2.79. The summed E-state index contributed by atoms with van der Waals surface area (Å²) in [5, 5.41) is 9.38. The van der Waals surface area contributed by atoms with Crippen LogP contribution in [0.1, 0.15) is 19.8 Å². The van der Waals surface area contributed by atoms with E-state index < -0.39 is 9.84 Å². The Morgan fingerprint density at radius 2 is 2.09 bits per heavy atom. The molecule has 0 unspecified atom stereocenters. The molecule has 0 aromatic rings. The average Bonchev–Trinajstić information content (AvgIpc) is 1.97. The van der Waals surface area contributed by atoms with Gasteiger partial charge in [-0.25, -0.2) is 8.42 Å². The summed E-state index contributed by atoms with van der Waals surface area (Å²) in [4.78, 5) is 0. The zero-order chi connectivity index (χ0) is 8.74. The van der Waals surface area contributed by atoms with Crippen LogP contribution in [0.15, 0.2) is 11.5 Å². The van der Waals surface area contributed by atoms with E-state index in [1.54, 1.807) is 0 Å². The normalized spacial score (nSPS) is 12.5. The standard InChI is InChI=1S/C7H14O3S/c1-2-3-6-11(9,10)7-4-5-8/h4,7-8H,2-3,5-6H2,1H3/b7-4+. The van der Waals surface area contributed by atoms with E-state index in [2.05, 4.69) is 0 Å². The third-order valence-electron chi connectivity index (χ3n) is 1.19. The minimum atomic E-state index is -3.05. The molecule has 0 aliphatic carbocycles. The van der Waals surface area contributed by atoms with Gasteiger partial charge in [0.25, 0.3) is 0 Å². The highest BCUT2D eigenvalue weighted by Gasteiger charge is 2.02. The molecule has 0 aliphatic heterocycles. The lowest BCUT2D eigenvalue weighted by Crippen LogP contribution is -2.01. The van der Waals surface area contributed by atoms with E-state index in [1.165, 1.54) is 6.08 Å². The molecule has 0 radical (unpaired) electrons. The van der Waals surface area contributed by atoms with Crippen molar-refractivity contribution >= 4 is 9.84 Å². The molecule has 3 nitrogen and oxygen atoms in total. The van der Waals surface area contributed by atoms with Gasteiger partial charge in [-0.3, -0.25) is 0 Å². The van der Waals surface area contributed by atoms with Crippen LogP contribution < -0.4 is 0 Å². The summed E-state index contributed by atoms with van der Waals surface area (Å²) in [6, 6.07) is 0. The third kappa shape index (κ3) is 6.06. The van der Waals surface area contributed by atoms with Crippen LogP contribution in [0.5, 0.6) is 0 Å². The molecule has 66 valence electrons. The quantitative estimate of drug-likeness (QED) is 0.674. The maximum atomic E-state index is 11.0. The first-order chi connectivity index (χ1) is 5.12. The van der Waals surface area contributed by atoms with Crippen LogP contribution in [-0.2, 0) is 9.84 Å². The molecule has 0 atom stereocenters. The average molecular weight is 178 g/mol. The lowest BCUT2D eigenvalue weighted by molar-refractivity contribution is 0.343. The fraction of sp³-hybridized carbons (Fsp3) is 0.714. The van der Waals surface area contributed by atoms with Crippen molar-refractivity contribution in [1.82, 2.24) is 0 Å². The van der Waals surface area contributed by atoms with E-state index in [-0.39, 0.29) is 12.4 Å². The van der Waals surface area contributed by atoms with Gasteiger partial charge in [0, 0.05) is 5.41 Å². The number of rotatable bonds is 5. The van der Waals surface area contributed by atoms with Crippen molar-refractivity contribution in [2.24, 2.45) is 0 Å². The van der Waals surface area contributed by atoms with Gasteiger partial charge in [-0.05, 0) is 12.5 Å². The SMILES string of the molecule is CCCCS(=O)(=O)/C=C/CO. The molecule has 0 aliphatic rings. The predicted molar refractivity (Wildman–Crippen MR) is 44.9 cm³/mol. The molecule has 4 heteroatoms. The Bertz CT molecular complexity index is 204. The molecular weight excluding hydrogens is 164 g/mol. The second-order valence-corrected chi connectivity index (χ2v) is 4.28. The van der Waals surface area contributed by atoms with Gasteiger partial charge in [0.1, 0.15) is 0 Å². The summed E-state index contributed by atoms with van der Waals surface area (Å²) in [7, 11) is -3.05. The van der Waals surface area contributed by atoms with Gasteiger partial charge in [-0.15, -0.1) is 0 Å². The van der Waals surface area contributed by atoms with Crippen molar-refractivity contribution in [3.63, 3.8) is 0 Å². The summed E-state index contributed by atoms with van der Waals surface area (Å²) >= 11 is 0. The summed E-state index contributed by atoms with van der Waals surface area (Å²) in [5.74, 6) is 0.181. The van der Waals surface area contributed by atoms with E-state index in [4.69, 9.17) is 5.11 Å². The Balaban J connectivity index is 3.92. The lowest BCUT2D eigenvalue weighted by Gasteiger charge is -1.94. The molecule has 0 bridgehead atoms. The molecular formula is C7H14O3S. The molecule has 0 aromatic carbocycles. The van der Waals surface area contributed by atoms with Gasteiger partial charge >= 0.3 is 0 Å². The molecule has 0 heterocycles. The number of aliphatic hydroxyl groups is 1. The van der Waals surface area contributed by atoms with E-state index in [1.807, 2.05) is 6.92 Å². The highest BCUT2D eigenvalue weighted by atomic mass is 32.2. The molecule has 0 spiro atoms. The first-order valence-corrected chi connectivity index (χ1v) is 5.34. The highest BCUT2D eigenvalue weighted by molar-refractivity contribution is 7.94. The number of aliphatic hydroxyl groups excluding tert-OH is 1. The zero-order valence-corrected chi connectivity index (χ0v) is 7.47. The lowest BCUT2D eigenvalue weighted by atomic mass is 10.4. The van der Waals surface area contributed by atoms with Crippen molar-refractivity contribution in [3.05, 3.63) is 11.5 Å². The van der Waals surface area contributed by atoms with Crippen molar-refractivity contribution in [2.45, 2.75) is 19.8 Å². The number of unbranched alkanes of at least 4 members (excludes halogenated alkanes) is 1. The Morgan fingerprint density at radius 1 is 1.45 bits per heavy atom. The Labute approximate surface area is 67.7 Å². The smallest absolute Gasteiger partial charge is 0.171 e. The van der Waals surface area contributed by atoms with Crippen LogP contribution >= 0.6 is 0 Å². The Morgan fingerprint density at radius 3 is 2.55 bits per heavy atom. The van der Waals surface area contributed by atoms with Gasteiger partial charge in [0.2, 0.25) is 0 Å². The fourth-order valence-electron chi connectivity index (χ4n) is 0.603. The number of sulfone groups is 1. The van der Waals surface area contributed by atoms with Gasteiger partial charge in [-0.2, -0.15) is 0 Å². The molecule has 0 aromatic heterocycles. The number of hydrogen-bond acceptors (Lipinski definition) is 3. The van der Waals surface area contributed by atoms with Crippen LogP contribution in [0, 0.1) is 0 Å². The topological polar surface area (TPSA) is 54.4 Å². The van der Waals surface area contributed by atoms with Crippen LogP contribution in [0.3, 0.4) is 0 Å². The molecule has 0 saturated carbocycles. The molecule has 0 fully saturated rings. The maximum Gasteiger partial charge on any atom is 0.171 e. The molecule has 1 N–H and O–H groups in total. The van der Waals surface area contributed by atoms with Crippen LogP contribution in [0.25, 0.3) is 0 Å². The van der Waals surface area contributed by atoms with Gasteiger partial charge in [0.15, 0.2) is 9.84 Å². The first-order valence-electron chi connectivity index (χ1n) is 3.62. The minimum absolute atomic E-state index is 0.181. The van der Waals surface area contributed by atoms with Crippen molar-refractivity contribution in [1.29, 1.82) is 0 Å². The van der Waals surface area contributed by atoms with Gasteiger partial charge < -0.3 is 5.11 Å². The van der Waals surface area contributed by atoms with E-state index >= 15 is 0 Å². The van der Waals surface area contributed by atoms with Crippen LogP contribution in [0.4, 0.5) is 0 Å². The molecule has 0 rings (SSSR count). The summed E-state index contributed by atoms with van der Waals surface area (Å²) in [5.41, 5.74) is 0. The largest absolute Gasteiger partial charge is 0.392 e. The fourth-order valence-corrected chi connectivity index (χ4v) is 1.81.